The van der Waals surface area contributed by atoms with Crippen molar-refractivity contribution in [3.8, 4) is 0 Å². The van der Waals surface area contributed by atoms with Gasteiger partial charge < -0.3 is 14.4 Å². The molecule has 7 heteroatoms. The molecule has 1 aromatic heterocycles. The van der Waals surface area contributed by atoms with Crippen molar-refractivity contribution < 1.29 is 4.79 Å². The van der Waals surface area contributed by atoms with Gasteiger partial charge in [0, 0.05) is 51.0 Å². The number of piperidine rings is 1. The Morgan fingerprint density at radius 3 is 2.41 bits per heavy atom. The number of aromatic nitrogens is 3. The highest BCUT2D eigenvalue weighted by Gasteiger charge is 2.26. The first-order valence-corrected chi connectivity index (χ1v) is 9.85. The Hall–Kier alpha value is -2.41. The van der Waals surface area contributed by atoms with Gasteiger partial charge in [0.2, 0.25) is 5.91 Å². The van der Waals surface area contributed by atoms with E-state index in [9.17, 15) is 4.79 Å². The smallest absolute Gasteiger partial charge is 0.236 e. The van der Waals surface area contributed by atoms with Gasteiger partial charge in [-0.3, -0.25) is 9.69 Å². The first-order chi connectivity index (χ1) is 13.2. The SMILES string of the molecule is Cc1cccc(N2CCN(CC(=O)N3CCC(n4cnnc4)CC3)CC2)c1. The average Bonchev–Trinajstić information content (AvgIpc) is 3.23. The number of anilines is 1. The summed E-state index contributed by atoms with van der Waals surface area (Å²) in [5, 5.41) is 7.77. The summed E-state index contributed by atoms with van der Waals surface area (Å²) < 4.78 is 2.06. The third-order valence-corrected chi connectivity index (χ3v) is 5.77. The highest BCUT2D eigenvalue weighted by Crippen LogP contribution is 2.22. The Labute approximate surface area is 160 Å². The van der Waals surface area contributed by atoms with E-state index in [1.54, 1.807) is 12.7 Å². The predicted molar refractivity (Wildman–Crippen MR) is 105 cm³/mol. The van der Waals surface area contributed by atoms with Crippen molar-refractivity contribution in [1.82, 2.24) is 24.6 Å². The van der Waals surface area contributed by atoms with Crippen LogP contribution < -0.4 is 4.90 Å². The minimum absolute atomic E-state index is 0.265. The van der Waals surface area contributed by atoms with Gasteiger partial charge in [0.05, 0.1) is 6.54 Å². The van der Waals surface area contributed by atoms with Crippen LogP contribution in [0.2, 0.25) is 0 Å². The molecule has 144 valence electrons. The van der Waals surface area contributed by atoms with Gasteiger partial charge in [-0.2, -0.15) is 0 Å². The molecule has 0 radical (unpaired) electrons. The number of rotatable bonds is 4. The first-order valence-electron chi connectivity index (χ1n) is 9.85. The second-order valence-corrected chi connectivity index (χ2v) is 7.62. The van der Waals surface area contributed by atoms with Crippen molar-refractivity contribution in [2.75, 3.05) is 50.7 Å². The molecule has 7 nitrogen and oxygen atoms in total. The van der Waals surface area contributed by atoms with Gasteiger partial charge in [-0.1, -0.05) is 12.1 Å². The molecule has 2 saturated heterocycles. The zero-order valence-electron chi connectivity index (χ0n) is 16.0. The van der Waals surface area contributed by atoms with E-state index < -0.39 is 0 Å². The third-order valence-electron chi connectivity index (χ3n) is 5.77. The molecular formula is C20H28N6O. The summed E-state index contributed by atoms with van der Waals surface area (Å²) in [7, 11) is 0. The maximum atomic E-state index is 12.7. The van der Waals surface area contributed by atoms with Crippen molar-refractivity contribution in [3.05, 3.63) is 42.5 Å². The molecule has 2 fully saturated rings. The van der Waals surface area contributed by atoms with Crippen molar-refractivity contribution in [1.29, 1.82) is 0 Å². The van der Waals surface area contributed by atoms with Crippen LogP contribution in [0.15, 0.2) is 36.9 Å². The van der Waals surface area contributed by atoms with Gasteiger partial charge in [0.15, 0.2) is 0 Å². The summed E-state index contributed by atoms with van der Waals surface area (Å²) >= 11 is 0. The number of benzene rings is 1. The molecule has 0 atom stereocenters. The average molecular weight is 368 g/mol. The summed E-state index contributed by atoms with van der Waals surface area (Å²) in [5.74, 6) is 0.265. The summed E-state index contributed by atoms with van der Waals surface area (Å²) in [5.41, 5.74) is 2.58. The molecular weight excluding hydrogens is 340 g/mol. The number of aryl methyl sites for hydroxylation is 1. The van der Waals surface area contributed by atoms with Crippen LogP contribution >= 0.6 is 0 Å². The molecule has 0 N–H and O–H groups in total. The van der Waals surface area contributed by atoms with Gasteiger partial charge in [-0.05, 0) is 37.5 Å². The van der Waals surface area contributed by atoms with Crippen LogP contribution in [0.25, 0.3) is 0 Å². The van der Waals surface area contributed by atoms with E-state index in [0.29, 0.717) is 12.6 Å². The fourth-order valence-electron chi connectivity index (χ4n) is 4.09. The lowest BCUT2D eigenvalue weighted by molar-refractivity contribution is -0.133. The molecule has 4 rings (SSSR count). The molecule has 3 heterocycles. The van der Waals surface area contributed by atoms with Gasteiger partial charge in [0.1, 0.15) is 12.7 Å². The van der Waals surface area contributed by atoms with Crippen molar-refractivity contribution in [3.63, 3.8) is 0 Å². The molecule has 2 aliphatic heterocycles. The van der Waals surface area contributed by atoms with E-state index >= 15 is 0 Å². The number of hydrogen-bond donors (Lipinski definition) is 0. The predicted octanol–water partition coefficient (Wildman–Crippen LogP) is 1.57. The van der Waals surface area contributed by atoms with E-state index in [-0.39, 0.29) is 5.91 Å². The Morgan fingerprint density at radius 2 is 1.74 bits per heavy atom. The molecule has 0 bridgehead atoms. The molecule has 0 aliphatic carbocycles. The van der Waals surface area contributed by atoms with E-state index in [1.165, 1.54) is 11.3 Å². The highest BCUT2D eigenvalue weighted by atomic mass is 16.2. The summed E-state index contributed by atoms with van der Waals surface area (Å²) in [6.07, 6.45) is 5.50. The minimum atomic E-state index is 0.265. The minimum Gasteiger partial charge on any atom is -0.369 e. The summed E-state index contributed by atoms with van der Waals surface area (Å²) in [6, 6.07) is 9.07. The zero-order valence-corrected chi connectivity index (χ0v) is 16.0. The Morgan fingerprint density at radius 1 is 1.04 bits per heavy atom. The highest BCUT2D eigenvalue weighted by molar-refractivity contribution is 5.78. The monoisotopic (exact) mass is 368 g/mol. The molecule has 2 aliphatic rings. The number of hydrogen-bond acceptors (Lipinski definition) is 5. The van der Waals surface area contributed by atoms with Crippen LogP contribution in [0.1, 0.15) is 24.4 Å². The third kappa shape index (κ3) is 4.30. The van der Waals surface area contributed by atoms with Gasteiger partial charge >= 0.3 is 0 Å². The van der Waals surface area contributed by atoms with Crippen LogP contribution in [0.3, 0.4) is 0 Å². The van der Waals surface area contributed by atoms with E-state index in [2.05, 4.69) is 55.8 Å². The second-order valence-electron chi connectivity index (χ2n) is 7.62. The van der Waals surface area contributed by atoms with Crippen molar-refractivity contribution in [2.45, 2.75) is 25.8 Å². The number of likely N-dealkylation sites (tertiary alicyclic amines) is 1. The zero-order chi connectivity index (χ0) is 18.6. The molecule has 27 heavy (non-hydrogen) atoms. The lowest BCUT2D eigenvalue weighted by Crippen LogP contribution is -2.51. The van der Waals surface area contributed by atoms with Crippen LogP contribution in [-0.4, -0.2) is 76.3 Å². The Kier molecular flexibility index (Phi) is 5.38. The van der Waals surface area contributed by atoms with Crippen LogP contribution in [0.5, 0.6) is 0 Å². The number of nitrogens with zero attached hydrogens (tertiary/aromatic N) is 6. The molecule has 2 aromatic rings. The van der Waals surface area contributed by atoms with Crippen LogP contribution in [0.4, 0.5) is 5.69 Å². The summed E-state index contributed by atoms with van der Waals surface area (Å²) in [4.78, 5) is 19.4. The number of carbonyl (C=O) groups is 1. The lowest BCUT2D eigenvalue weighted by Gasteiger charge is -2.38. The lowest BCUT2D eigenvalue weighted by atomic mass is 10.0. The number of carbonyl (C=O) groups excluding carboxylic acids is 1. The van der Waals surface area contributed by atoms with Gasteiger partial charge in [-0.15, -0.1) is 10.2 Å². The first kappa shape index (κ1) is 18.0. The quantitative estimate of drug-likeness (QED) is 0.820. The van der Waals surface area contributed by atoms with E-state index in [4.69, 9.17) is 0 Å². The normalized spacial score (nSPS) is 19.4. The number of piperazine rings is 1. The molecule has 1 aromatic carbocycles. The van der Waals surface area contributed by atoms with Crippen molar-refractivity contribution in [2.24, 2.45) is 0 Å². The van der Waals surface area contributed by atoms with Crippen LogP contribution in [0, 0.1) is 6.92 Å². The maximum absolute atomic E-state index is 12.7. The number of amides is 1. The topological polar surface area (TPSA) is 57.5 Å². The Bertz CT molecular complexity index is 746. The van der Waals surface area contributed by atoms with Gasteiger partial charge in [0.25, 0.3) is 0 Å². The fourth-order valence-corrected chi connectivity index (χ4v) is 4.09. The second kappa shape index (κ2) is 8.08. The summed E-state index contributed by atoms with van der Waals surface area (Å²) in [6.45, 7) is 8.16. The molecule has 0 spiro atoms. The molecule has 0 saturated carbocycles. The molecule has 0 unspecified atom stereocenters. The van der Waals surface area contributed by atoms with Gasteiger partial charge in [-0.25, -0.2) is 0 Å². The molecule has 1 amide bonds. The van der Waals surface area contributed by atoms with Crippen LogP contribution in [-0.2, 0) is 4.79 Å². The maximum Gasteiger partial charge on any atom is 0.236 e. The standard InChI is InChI=1S/C20H28N6O/c1-17-3-2-4-19(13-17)24-11-9-23(10-12-24)14-20(27)25-7-5-18(6-8-25)26-15-21-22-16-26/h2-4,13,15-16,18H,5-12,14H2,1H3. The Balaban J connectivity index is 1.23. The van der Waals surface area contributed by atoms with E-state index in [0.717, 1.165) is 52.1 Å². The largest absolute Gasteiger partial charge is 0.369 e. The fraction of sp³-hybridized carbons (Fsp3) is 0.550. The van der Waals surface area contributed by atoms with E-state index in [1.807, 2.05) is 4.90 Å². The van der Waals surface area contributed by atoms with Crippen molar-refractivity contribution >= 4 is 11.6 Å².